The van der Waals surface area contributed by atoms with Crippen molar-refractivity contribution < 1.29 is 14.0 Å². The number of benzene rings is 4. The summed E-state index contributed by atoms with van der Waals surface area (Å²) in [7, 11) is 0. The molecule has 0 heterocycles. The van der Waals surface area contributed by atoms with Gasteiger partial charge in [0.1, 0.15) is 11.1 Å². The minimum absolute atomic E-state index is 0.0903. The molecule has 0 radical (unpaired) electrons. The van der Waals surface area contributed by atoms with Crippen molar-refractivity contribution >= 4 is 35.0 Å². The lowest BCUT2D eigenvalue weighted by molar-refractivity contribution is -0.116. The zero-order valence-electron chi connectivity index (χ0n) is 18.3. The normalized spacial score (nSPS) is 11.4. The fourth-order valence-electron chi connectivity index (χ4n) is 3.38. The second-order valence-electron chi connectivity index (χ2n) is 7.64. The summed E-state index contributed by atoms with van der Waals surface area (Å²) in [6.07, 6.45) is 0.303. The van der Waals surface area contributed by atoms with Crippen LogP contribution in [0.15, 0.2) is 114 Å². The molecular formula is C28H23FN2O2S. The highest BCUT2D eigenvalue weighted by Gasteiger charge is 2.22. The van der Waals surface area contributed by atoms with E-state index in [4.69, 9.17) is 0 Å². The Morgan fingerprint density at radius 3 is 1.91 bits per heavy atom. The number of amides is 2. The van der Waals surface area contributed by atoms with E-state index in [-0.39, 0.29) is 17.6 Å². The lowest BCUT2D eigenvalue weighted by Crippen LogP contribution is -2.19. The summed E-state index contributed by atoms with van der Waals surface area (Å²) < 4.78 is 13.2. The van der Waals surface area contributed by atoms with Gasteiger partial charge in [-0.1, -0.05) is 60.7 Å². The molecule has 1 atom stereocenters. The van der Waals surface area contributed by atoms with Crippen LogP contribution in [0.1, 0.15) is 16.4 Å². The van der Waals surface area contributed by atoms with E-state index >= 15 is 0 Å². The third kappa shape index (κ3) is 6.56. The van der Waals surface area contributed by atoms with Crippen molar-refractivity contribution in [3.8, 4) is 0 Å². The third-order valence-electron chi connectivity index (χ3n) is 5.05. The van der Waals surface area contributed by atoms with E-state index in [2.05, 4.69) is 10.6 Å². The van der Waals surface area contributed by atoms with Crippen molar-refractivity contribution in [2.24, 2.45) is 0 Å². The van der Waals surface area contributed by atoms with Gasteiger partial charge >= 0.3 is 0 Å². The molecule has 0 aliphatic carbocycles. The summed E-state index contributed by atoms with van der Waals surface area (Å²) in [6.45, 7) is 0. The Balaban J connectivity index is 1.44. The van der Waals surface area contributed by atoms with Crippen LogP contribution in [-0.2, 0) is 16.0 Å². The van der Waals surface area contributed by atoms with Crippen LogP contribution >= 0.6 is 11.8 Å². The van der Waals surface area contributed by atoms with E-state index in [1.165, 1.54) is 36.0 Å². The second-order valence-corrected chi connectivity index (χ2v) is 8.82. The molecule has 0 spiro atoms. The number of carbonyl (C=O) groups is 2. The van der Waals surface area contributed by atoms with Crippen LogP contribution in [0.4, 0.5) is 15.8 Å². The zero-order valence-corrected chi connectivity index (χ0v) is 19.1. The van der Waals surface area contributed by atoms with Crippen LogP contribution in [0.2, 0.25) is 0 Å². The van der Waals surface area contributed by atoms with Crippen LogP contribution in [0, 0.1) is 5.82 Å². The maximum atomic E-state index is 13.2. The first kappa shape index (κ1) is 23.3. The van der Waals surface area contributed by atoms with Crippen LogP contribution in [0.5, 0.6) is 0 Å². The van der Waals surface area contributed by atoms with Crippen LogP contribution in [-0.4, -0.2) is 11.8 Å². The minimum Gasteiger partial charge on any atom is -0.326 e. The molecule has 0 aliphatic rings. The third-order valence-corrected chi connectivity index (χ3v) is 6.32. The van der Waals surface area contributed by atoms with Gasteiger partial charge in [0.15, 0.2) is 0 Å². The molecule has 4 aromatic carbocycles. The Kier molecular flexibility index (Phi) is 7.73. The van der Waals surface area contributed by atoms with Gasteiger partial charge in [0.05, 0.1) is 6.42 Å². The number of rotatable bonds is 8. The molecule has 0 bridgehead atoms. The number of hydrogen-bond acceptors (Lipinski definition) is 3. The van der Waals surface area contributed by atoms with Crippen molar-refractivity contribution in [1.29, 1.82) is 0 Å². The standard InChI is InChI=1S/C28H23FN2O2S/c29-22-11-13-24(14-12-22)31-28(33)27(21-9-5-2-6-10-21)34-25-17-15-23(16-18-25)30-26(32)19-20-7-3-1-4-8-20/h1-18,27H,19H2,(H,30,32)(H,31,33). The number of halogens is 1. The molecule has 2 N–H and O–H groups in total. The Bertz CT molecular complexity index is 1230. The van der Waals surface area contributed by atoms with Gasteiger partial charge in [0, 0.05) is 16.3 Å². The molecule has 34 heavy (non-hydrogen) atoms. The Hall–Kier alpha value is -3.90. The molecule has 170 valence electrons. The number of nitrogens with one attached hydrogen (secondary N) is 2. The fourth-order valence-corrected chi connectivity index (χ4v) is 4.41. The van der Waals surface area contributed by atoms with E-state index in [1.54, 1.807) is 0 Å². The molecule has 0 saturated carbocycles. The first-order chi connectivity index (χ1) is 16.6. The number of anilines is 2. The number of hydrogen-bond donors (Lipinski definition) is 2. The van der Waals surface area contributed by atoms with Crippen molar-refractivity contribution in [1.82, 2.24) is 0 Å². The second kappa shape index (κ2) is 11.3. The van der Waals surface area contributed by atoms with Crippen LogP contribution in [0.3, 0.4) is 0 Å². The lowest BCUT2D eigenvalue weighted by atomic mass is 10.1. The van der Waals surface area contributed by atoms with Gasteiger partial charge < -0.3 is 10.6 Å². The van der Waals surface area contributed by atoms with E-state index < -0.39 is 5.25 Å². The lowest BCUT2D eigenvalue weighted by Gasteiger charge is -2.17. The smallest absolute Gasteiger partial charge is 0.242 e. The summed E-state index contributed by atoms with van der Waals surface area (Å²) in [4.78, 5) is 26.3. The molecule has 0 aliphatic heterocycles. The van der Waals surface area contributed by atoms with E-state index in [9.17, 15) is 14.0 Å². The van der Waals surface area contributed by atoms with Crippen LogP contribution < -0.4 is 10.6 Å². The summed E-state index contributed by atoms with van der Waals surface area (Å²) in [6, 6.07) is 32.1. The van der Waals surface area contributed by atoms with E-state index in [1.807, 2.05) is 84.9 Å². The maximum absolute atomic E-state index is 13.2. The van der Waals surface area contributed by atoms with Gasteiger partial charge in [-0.15, -0.1) is 11.8 Å². The number of thioether (sulfide) groups is 1. The molecule has 0 saturated heterocycles. The van der Waals surface area contributed by atoms with Gasteiger partial charge in [0.25, 0.3) is 0 Å². The summed E-state index contributed by atoms with van der Waals surface area (Å²) in [5.74, 6) is -0.654. The average Bonchev–Trinajstić information content (AvgIpc) is 2.86. The predicted molar refractivity (Wildman–Crippen MR) is 135 cm³/mol. The Morgan fingerprint density at radius 1 is 0.706 bits per heavy atom. The zero-order chi connectivity index (χ0) is 23.8. The molecule has 0 aromatic heterocycles. The van der Waals surface area contributed by atoms with E-state index in [0.717, 1.165) is 16.0 Å². The molecule has 0 fully saturated rings. The first-order valence-electron chi connectivity index (χ1n) is 10.8. The molecule has 6 heteroatoms. The Labute approximate surface area is 202 Å². The molecule has 4 aromatic rings. The largest absolute Gasteiger partial charge is 0.326 e. The highest BCUT2D eigenvalue weighted by atomic mass is 32.2. The van der Waals surface area contributed by atoms with E-state index in [0.29, 0.717) is 17.8 Å². The van der Waals surface area contributed by atoms with Gasteiger partial charge in [-0.25, -0.2) is 4.39 Å². The highest BCUT2D eigenvalue weighted by Crippen LogP contribution is 2.36. The molecule has 1 unspecified atom stereocenters. The molecule has 4 nitrogen and oxygen atoms in total. The summed E-state index contributed by atoms with van der Waals surface area (Å²) in [5, 5.41) is 5.26. The van der Waals surface area contributed by atoms with Crippen molar-refractivity contribution in [3.63, 3.8) is 0 Å². The summed E-state index contributed by atoms with van der Waals surface area (Å²) in [5.41, 5.74) is 3.03. The maximum Gasteiger partial charge on any atom is 0.242 e. The van der Waals surface area contributed by atoms with Crippen molar-refractivity contribution in [2.45, 2.75) is 16.6 Å². The van der Waals surface area contributed by atoms with Crippen molar-refractivity contribution in [2.75, 3.05) is 10.6 Å². The SMILES string of the molecule is O=C(Cc1ccccc1)Nc1ccc(SC(C(=O)Nc2ccc(F)cc2)c2ccccc2)cc1. The van der Waals surface area contributed by atoms with Gasteiger partial charge in [-0.05, 0) is 59.7 Å². The van der Waals surface area contributed by atoms with Crippen molar-refractivity contribution in [3.05, 3.63) is 126 Å². The monoisotopic (exact) mass is 470 g/mol. The Morgan fingerprint density at radius 2 is 1.26 bits per heavy atom. The minimum atomic E-state index is -0.509. The predicted octanol–water partition coefficient (Wildman–Crippen LogP) is 6.48. The fraction of sp³-hybridized carbons (Fsp3) is 0.0714. The first-order valence-corrected chi connectivity index (χ1v) is 11.7. The van der Waals surface area contributed by atoms with Gasteiger partial charge in [0.2, 0.25) is 11.8 Å². The average molecular weight is 471 g/mol. The summed E-state index contributed by atoms with van der Waals surface area (Å²) >= 11 is 1.40. The molecule has 4 rings (SSSR count). The highest BCUT2D eigenvalue weighted by molar-refractivity contribution is 8.00. The number of carbonyl (C=O) groups excluding carboxylic acids is 2. The molecule has 2 amide bonds. The molecular weight excluding hydrogens is 447 g/mol. The van der Waals surface area contributed by atoms with Gasteiger partial charge in [-0.3, -0.25) is 9.59 Å². The quantitative estimate of drug-likeness (QED) is 0.290. The topological polar surface area (TPSA) is 58.2 Å². The van der Waals surface area contributed by atoms with Gasteiger partial charge in [-0.2, -0.15) is 0 Å². The van der Waals surface area contributed by atoms with Crippen LogP contribution in [0.25, 0.3) is 0 Å².